The molecule has 0 saturated heterocycles. The zero-order valence-corrected chi connectivity index (χ0v) is 12.1. The number of carbonyl (C=O) groups is 2. The third-order valence-electron chi connectivity index (χ3n) is 2.87. The lowest BCUT2D eigenvalue weighted by atomic mass is 10.2. The normalized spacial score (nSPS) is 12.6. The summed E-state index contributed by atoms with van der Waals surface area (Å²) in [4.78, 5) is 25.0. The average Bonchev–Trinajstić information content (AvgIpc) is 2.39. The molecule has 0 unspecified atom stereocenters. The molecule has 0 aliphatic carbocycles. The minimum Gasteiger partial charge on any atom is -0.382 e. The molecule has 1 aliphatic heterocycles. The topological polar surface area (TPSA) is 73.5 Å². The highest BCUT2D eigenvalue weighted by Crippen LogP contribution is 2.27. The molecular formula is C13H19ClN4O2. The van der Waals surface area contributed by atoms with Crippen LogP contribution in [-0.4, -0.2) is 38.1 Å². The Labute approximate surface area is 124 Å². The number of rotatable bonds is 3. The van der Waals surface area contributed by atoms with Crippen LogP contribution in [0.25, 0.3) is 0 Å². The van der Waals surface area contributed by atoms with Gasteiger partial charge in [-0.25, -0.2) is 4.79 Å². The molecule has 6 nitrogen and oxygen atoms in total. The van der Waals surface area contributed by atoms with Gasteiger partial charge in [0.25, 0.3) is 0 Å². The van der Waals surface area contributed by atoms with E-state index in [1.807, 2.05) is 29.2 Å². The van der Waals surface area contributed by atoms with Crippen LogP contribution in [0, 0.1) is 0 Å². The van der Waals surface area contributed by atoms with Crippen molar-refractivity contribution in [1.82, 2.24) is 10.6 Å². The van der Waals surface area contributed by atoms with Crippen molar-refractivity contribution in [3.63, 3.8) is 0 Å². The number of hydrogen-bond donors (Lipinski definition) is 3. The molecule has 1 aromatic carbocycles. The largest absolute Gasteiger partial charge is 0.382 e. The van der Waals surface area contributed by atoms with Gasteiger partial charge in [-0.05, 0) is 19.1 Å². The van der Waals surface area contributed by atoms with Crippen LogP contribution < -0.4 is 20.9 Å². The Morgan fingerprint density at radius 3 is 2.85 bits per heavy atom. The Bertz CT molecular complexity index is 481. The number of fused-ring (bicyclic) bond motifs is 1. The molecule has 1 heterocycles. The number of para-hydroxylation sites is 2. The fourth-order valence-corrected chi connectivity index (χ4v) is 2.05. The zero-order valence-electron chi connectivity index (χ0n) is 11.3. The molecule has 1 aliphatic rings. The van der Waals surface area contributed by atoms with Gasteiger partial charge in [-0.2, -0.15) is 0 Å². The number of nitrogens with one attached hydrogen (secondary N) is 3. The van der Waals surface area contributed by atoms with Crippen molar-refractivity contribution in [3.8, 4) is 0 Å². The van der Waals surface area contributed by atoms with Crippen LogP contribution in [0.1, 0.15) is 6.92 Å². The smallest absolute Gasteiger partial charge is 0.321 e. The van der Waals surface area contributed by atoms with Crippen LogP contribution in [0.2, 0.25) is 0 Å². The number of benzene rings is 1. The predicted molar refractivity (Wildman–Crippen MR) is 81.6 cm³/mol. The molecule has 1 aromatic rings. The first-order chi connectivity index (χ1) is 9.20. The van der Waals surface area contributed by atoms with E-state index in [2.05, 4.69) is 16.0 Å². The number of nitrogens with zero attached hydrogens (tertiary/aromatic N) is 1. The number of halogens is 1. The molecule has 110 valence electrons. The summed E-state index contributed by atoms with van der Waals surface area (Å²) in [5.41, 5.74) is 2.00. The molecule has 0 atom stereocenters. The fraction of sp³-hybridized carbons (Fsp3) is 0.385. The molecule has 0 radical (unpaired) electrons. The maximum atomic E-state index is 11.8. The number of imide groups is 1. The van der Waals surface area contributed by atoms with Crippen molar-refractivity contribution in [1.29, 1.82) is 0 Å². The van der Waals surface area contributed by atoms with Gasteiger partial charge in [0.05, 0.1) is 17.9 Å². The lowest BCUT2D eigenvalue weighted by molar-refractivity contribution is -0.118. The van der Waals surface area contributed by atoms with Crippen LogP contribution >= 0.6 is 12.4 Å². The number of urea groups is 1. The van der Waals surface area contributed by atoms with Crippen molar-refractivity contribution in [2.75, 3.05) is 36.4 Å². The van der Waals surface area contributed by atoms with Crippen LogP contribution in [0.4, 0.5) is 16.2 Å². The molecule has 0 spiro atoms. The van der Waals surface area contributed by atoms with Gasteiger partial charge in [0, 0.05) is 19.6 Å². The van der Waals surface area contributed by atoms with Crippen LogP contribution in [0.15, 0.2) is 24.3 Å². The summed E-state index contributed by atoms with van der Waals surface area (Å²) < 4.78 is 0. The lowest BCUT2D eigenvalue weighted by Gasteiger charge is -2.31. The summed E-state index contributed by atoms with van der Waals surface area (Å²) >= 11 is 0. The van der Waals surface area contributed by atoms with Gasteiger partial charge in [0.2, 0.25) is 5.91 Å². The molecule has 3 N–H and O–H groups in total. The quantitative estimate of drug-likeness (QED) is 0.784. The molecule has 2 rings (SSSR count). The van der Waals surface area contributed by atoms with E-state index >= 15 is 0 Å². The van der Waals surface area contributed by atoms with E-state index in [1.165, 1.54) is 0 Å². The van der Waals surface area contributed by atoms with Crippen molar-refractivity contribution >= 4 is 35.7 Å². The van der Waals surface area contributed by atoms with Crippen molar-refractivity contribution in [2.24, 2.45) is 0 Å². The first-order valence-corrected chi connectivity index (χ1v) is 6.36. The molecule has 0 fully saturated rings. The van der Waals surface area contributed by atoms with E-state index in [-0.39, 0.29) is 24.9 Å². The van der Waals surface area contributed by atoms with Crippen molar-refractivity contribution < 1.29 is 9.59 Å². The fourth-order valence-electron chi connectivity index (χ4n) is 2.05. The molecule has 0 saturated carbocycles. The molecule has 20 heavy (non-hydrogen) atoms. The second-order valence-electron chi connectivity index (χ2n) is 4.27. The van der Waals surface area contributed by atoms with Crippen molar-refractivity contribution in [2.45, 2.75) is 6.92 Å². The highest BCUT2D eigenvalue weighted by atomic mass is 35.5. The van der Waals surface area contributed by atoms with E-state index in [1.54, 1.807) is 6.92 Å². The third-order valence-corrected chi connectivity index (χ3v) is 2.87. The van der Waals surface area contributed by atoms with E-state index in [4.69, 9.17) is 0 Å². The average molecular weight is 299 g/mol. The molecular weight excluding hydrogens is 280 g/mol. The molecule has 0 aromatic heterocycles. The van der Waals surface area contributed by atoms with E-state index in [0.29, 0.717) is 6.54 Å². The monoisotopic (exact) mass is 298 g/mol. The lowest BCUT2D eigenvalue weighted by Crippen LogP contribution is -2.46. The highest BCUT2D eigenvalue weighted by molar-refractivity contribution is 5.96. The maximum absolute atomic E-state index is 11.8. The minimum absolute atomic E-state index is 0. The SMILES string of the molecule is CCNC(=O)NC(=O)CN1CCNc2ccccc21.Cl. The van der Waals surface area contributed by atoms with Crippen LogP contribution in [-0.2, 0) is 4.79 Å². The summed E-state index contributed by atoms with van der Waals surface area (Å²) in [5.74, 6) is -0.303. The van der Waals surface area contributed by atoms with E-state index in [9.17, 15) is 9.59 Å². The number of hydrogen-bond acceptors (Lipinski definition) is 4. The van der Waals surface area contributed by atoms with Gasteiger partial charge < -0.3 is 15.5 Å². The standard InChI is InChI=1S/C13H18N4O2.ClH/c1-2-14-13(19)16-12(18)9-17-8-7-15-10-5-3-4-6-11(10)17;/h3-6,15H,2,7-9H2,1H3,(H2,14,16,18,19);1H. The van der Waals surface area contributed by atoms with Gasteiger partial charge in [0.1, 0.15) is 0 Å². The highest BCUT2D eigenvalue weighted by Gasteiger charge is 2.18. The Kier molecular flexibility index (Phi) is 6.11. The van der Waals surface area contributed by atoms with Gasteiger partial charge >= 0.3 is 6.03 Å². The van der Waals surface area contributed by atoms with Crippen LogP contribution in [0.3, 0.4) is 0 Å². The second-order valence-corrected chi connectivity index (χ2v) is 4.27. The Hall–Kier alpha value is -1.95. The Balaban J connectivity index is 0.00000200. The van der Waals surface area contributed by atoms with Crippen molar-refractivity contribution in [3.05, 3.63) is 24.3 Å². The van der Waals surface area contributed by atoms with Gasteiger partial charge in [0.15, 0.2) is 0 Å². The Morgan fingerprint density at radius 2 is 2.10 bits per heavy atom. The number of amides is 3. The molecule has 0 bridgehead atoms. The summed E-state index contributed by atoms with van der Waals surface area (Å²) in [6, 6.07) is 7.37. The first-order valence-electron chi connectivity index (χ1n) is 6.36. The number of anilines is 2. The predicted octanol–water partition coefficient (Wildman–Crippen LogP) is 1.19. The summed E-state index contributed by atoms with van der Waals surface area (Å²) in [7, 11) is 0. The van der Waals surface area contributed by atoms with E-state index < -0.39 is 6.03 Å². The number of carbonyl (C=O) groups excluding carboxylic acids is 2. The van der Waals surface area contributed by atoms with Crippen LogP contribution in [0.5, 0.6) is 0 Å². The summed E-state index contributed by atoms with van der Waals surface area (Å²) in [6.07, 6.45) is 0. The zero-order chi connectivity index (χ0) is 13.7. The van der Waals surface area contributed by atoms with Gasteiger partial charge in [-0.15, -0.1) is 12.4 Å². The van der Waals surface area contributed by atoms with Gasteiger partial charge in [-0.3, -0.25) is 10.1 Å². The van der Waals surface area contributed by atoms with Gasteiger partial charge in [-0.1, -0.05) is 12.1 Å². The second kappa shape index (κ2) is 7.59. The Morgan fingerprint density at radius 1 is 1.35 bits per heavy atom. The third kappa shape index (κ3) is 4.03. The summed E-state index contributed by atoms with van der Waals surface area (Å²) in [5, 5.41) is 8.11. The molecule has 3 amide bonds. The first kappa shape index (κ1) is 16.1. The van der Waals surface area contributed by atoms with E-state index in [0.717, 1.165) is 24.5 Å². The minimum atomic E-state index is -0.448. The molecule has 7 heteroatoms. The summed E-state index contributed by atoms with van der Waals surface area (Å²) in [6.45, 7) is 3.99. The maximum Gasteiger partial charge on any atom is 0.321 e.